The highest BCUT2D eigenvalue weighted by molar-refractivity contribution is 5.95. The molecule has 4 rings (SSSR count). The van der Waals surface area contributed by atoms with Crippen molar-refractivity contribution in [3.8, 4) is 0 Å². The van der Waals surface area contributed by atoms with Crippen LogP contribution in [0.25, 0.3) is 0 Å². The highest BCUT2D eigenvalue weighted by Crippen LogP contribution is 2.11. The van der Waals surface area contributed by atoms with Crippen molar-refractivity contribution in [1.82, 2.24) is 20.0 Å². The smallest absolute Gasteiger partial charge is 0.287 e. The molecule has 0 aliphatic carbocycles. The molecule has 0 spiro atoms. The summed E-state index contributed by atoms with van der Waals surface area (Å²) in [6, 6.07) is 12.1. The maximum absolute atomic E-state index is 13.4. The van der Waals surface area contributed by atoms with Gasteiger partial charge in [0.15, 0.2) is 5.76 Å². The van der Waals surface area contributed by atoms with E-state index in [1.165, 1.54) is 6.26 Å². The number of hydrogen-bond acceptors (Lipinski definition) is 6. The number of amides is 3. The molecule has 3 amide bonds. The molecule has 2 aromatic rings. The minimum absolute atomic E-state index is 0.103. The molecule has 0 unspecified atom stereocenters. The van der Waals surface area contributed by atoms with Crippen LogP contribution in [0.4, 0.5) is 0 Å². The first-order valence-corrected chi connectivity index (χ1v) is 11.3. The molecule has 3 heterocycles. The molecule has 9 heteroatoms. The van der Waals surface area contributed by atoms with Crippen LogP contribution in [0.2, 0.25) is 0 Å². The Labute approximate surface area is 193 Å². The molecule has 2 aliphatic heterocycles. The molecule has 33 heavy (non-hydrogen) atoms. The summed E-state index contributed by atoms with van der Waals surface area (Å²) in [4.78, 5) is 44.1. The molecule has 1 aromatic heterocycles. The summed E-state index contributed by atoms with van der Waals surface area (Å²) in [6.45, 7) is 5.04. The summed E-state index contributed by atoms with van der Waals surface area (Å²) in [5.74, 6) is -0.264. The Balaban J connectivity index is 1.34. The molecule has 0 saturated carbocycles. The van der Waals surface area contributed by atoms with Crippen molar-refractivity contribution in [3.63, 3.8) is 0 Å². The third kappa shape index (κ3) is 6.21. The Kier molecular flexibility index (Phi) is 7.74. The van der Waals surface area contributed by atoms with E-state index in [1.807, 2.05) is 35.2 Å². The second-order valence-electron chi connectivity index (χ2n) is 8.29. The number of carbonyl (C=O) groups excluding carboxylic acids is 3. The van der Waals surface area contributed by atoms with Crippen LogP contribution >= 0.6 is 0 Å². The van der Waals surface area contributed by atoms with Crippen LogP contribution in [-0.4, -0.2) is 97.5 Å². The van der Waals surface area contributed by atoms with Gasteiger partial charge >= 0.3 is 0 Å². The van der Waals surface area contributed by atoms with E-state index in [1.54, 1.807) is 17.0 Å². The quantitative estimate of drug-likeness (QED) is 0.659. The molecule has 0 radical (unpaired) electrons. The van der Waals surface area contributed by atoms with Crippen molar-refractivity contribution in [2.24, 2.45) is 0 Å². The van der Waals surface area contributed by atoms with Gasteiger partial charge in [0.1, 0.15) is 6.04 Å². The Morgan fingerprint density at radius 2 is 1.61 bits per heavy atom. The summed E-state index contributed by atoms with van der Waals surface area (Å²) >= 11 is 0. The molecule has 0 bridgehead atoms. The van der Waals surface area contributed by atoms with Crippen LogP contribution < -0.4 is 5.32 Å². The lowest BCUT2D eigenvalue weighted by molar-refractivity contribution is -0.138. The maximum Gasteiger partial charge on any atom is 0.287 e. The topological polar surface area (TPSA) is 95.3 Å². The van der Waals surface area contributed by atoms with Gasteiger partial charge < -0.3 is 24.3 Å². The van der Waals surface area contributed by atoms with Gasteiger partial charge in [0.2, 0.25) is 11.8 Å². The van der Waals surface area contributed by atoms with E-state index in [4.69, 9.17) is 9.15 Å². The van der Waals surface area contributed by atoms with Crippen molar-refractivity contribution in [2.75, 3.05) is 59.0 Å². The van der Waals surface area contributed by atoms with E-state index in [-0.39, 0.29) is 17.6 Å². The normalized spacial score (nSPS) is 18.1. The van der Waals surface area contributed by atoms with Crippen LogP contribution in [0.1, 0.15) is 16.1 Å². The van der Waals surface area contributed by atoms with Crippen molar-refractivity contribution in [3.05, 3.63) is 60.1 Å². The lowest BCUT2D eigenvalue weighted by Crippen LogP contribution is -2.57. The minimum atomic E-state index is -0.702. The molecule has 9 nitrogen and oxygen atoms in total. The maximum atomic E-state index is 13.4. The zero-order chi connectivity index (χ0) is 23.0. The van der Waals surface area contributed by atoms with E-state index in [9.17, 15) is 14.4 Å². The Bertz CT molecular complexity index is 920. The van der Waals surface area contributed by atoms with Gasteiger partial charge in [-0.3, -0.25) is 19.3 Å². The van der Waals surface area contributed by atoms with Gasteiger partial charge in [0.05, 0.1) is 26.0 Å². The summed E-state index contributed by atoms with van der Waals surface area (Å²) in [7, 11) is 0. The number of furan rings is 1. The summed E-state index contributed by atoms with van der Waals surface area (Å²) in [5, 5.41) is 2.84. The van der Waals surface area contributed by atoms with Crippen LogP contribution in [0.3, 0.4) is 0 Å². The number of morpholine rings is 1. The average Bonchev–Trinajstić information content (AvgIpc) is 3.40. The fourth-order valence-corrected chi connectivity index (χ4v) is 4.14. The van der Waals surface area contributed by atoms with Gasteiger partial charge in [-0.2, -0.15) is 0 Å². The molecule has 1 N–H and O–H groups in total. The Morgan fingerprint density at radius 3 is 2.27 bits per heavy atom. The Morgan fingerprint density at radius 1 is 0.879 bits per heavy atom. The zero-order valence-corrected chi connectivity index (χ0v) is 18.7. The van der Waals surface area contributed by atoms with Crippen LogP contribution in [0.5, 0.6) is 0 Å². The van der Waals surface area contributed by atoms with Gasteiger partial charge in [-0.15, -0.1) is 0 Å². The molecular formula is C24H30N4O5. The summed E-state index contributed by atoms with van der Waals surface area (Å²) < 4.78 is 10.5. The fourth-order valence-electron chi connectivity index (χ4n) is 4.14. The van der Waals surface area contributed by atoms with Crippen LogP contribution in [-0.2, 0) is 20.7 Å². The SMILES string of the molecule is O=C(N[C@H](Cc1ccccc1)C(=O)N1CCN(CC(=O)N2CCOCC2)CC1)c1ccco1. The van der Waals surface area contributed by atoms with Crippen molar-refractivity contribution in [1.29, 1.82) is 0 Å². The number of nitrogens with zero attached hydrogens (tertiary/aromatic N) is 3. The summed E-state index contributed by atoms with van der Waals surface area (Å²) in [5.41, 5.74) is 0.963. The number of hydrogen-bond donors (Lipinski definition) is 1. The second kappa shape index (κ2) is 11.1. The summed E-state index contributed by atoms with van der Waals surface area (Å²) in [6.07, 6.45) is 1.82. The monoisotopic (exact) mass is 454 g/mol. The highest BCUT2D eigenvalue weighted by atomic mass is 16.5. The van der Waals surface area contributed by atoms with E-state index in [0.717, 1.165) is 5.56 Å². The van der Waals surface area contributed by atoms with Crippen LogP contribution in [0, 0.1) is 0 Å². The highest BCUT2D eigenvalue weighted by Gasteiger charge is 2.30. The zero-order valence-electron chi connectivity index (χ0n) is 18.7. The molecule has 2 fully saturated rings. The number of rotatable bonds is 7. The lowest BCUT2D eigenvalue weighted by Gasteiger charge is -2.37. The van der Waals surface area contributed by atoms with Gasteiger partial charge in [0, 0.05) is 45.7 Å². The molecule has 2 aliphatic rings. The fraction of sp³-hybridized carbons (Fsp3) is 0.458. The first-order valence-electron chi connectivity index (χ1n) is 11.3. The first-order chi connectivity index (χ1) is 16.1. The van der Waals surface area contributed by atoms with Crippen molar-refractivity contribution >= 4 is 17.7 Å². The Hall–Kier alpha value is -3.17. The predicted molar refractivity (Wildman–Crippen MR) is 121 cm³/mol. The molecule has 1 aromatic carbocycles. The number of benzene rings is 1. The van der Waals surface area contributed by atoms with E-state index >= 15 is 0 Å². The van der Waals surface area contributed by atoms with Gasteiger partial charge in [-0.05, 0) is 17.7 Å². The average molecular weight is 455 g/mol. The van der Waals surface area contributed by atoms with Crippen molar-refractivity contribution in [2.45, 2.75) is 12.5 Å². The third-order valence-corrected chi connectivity index (χ3v) is 6.04. The molecule has 176 valence electrons. The van der Waals surface area contributed by atoms with Gasteiger partial charge in [0.25, 0.3) is 5.91 Å². The van der Waals surface area contributed by atoms with E-state index in [0.29, 0.717) is 65.4 Å². The van der Waals surface area contributed by atoms with E-state index < -0.39 is 11.9 Å². The number of ether oxygens (including phenoxy) is 1. The number of nitrogens with one attached hydrogen (secondary N) is 1. The van der Waals surface area contributed by atoms with Gasteiger partial charge in [-0.1, -0.05) is 30.3 Å². The standard InChI is InChI=1S/C24H30N4O5/c29-22(27-12-15-32-16-13-27)18-26-8-10-28(11-9-26)24(31)20(17-19-5-2-1-3-6-19)25-23(30)21-7-4-14-33-21/h1-7,14,20H,8-13,15-18H2,(H,25,30)/t20-/m1/s1. The van der Waals surface area contributed by atoms with Gasteiger partial charge in [-0.25, -0.2) is 0 Å². The molecular weight excluding hydrogens is 424 g/mol. The number of carbonyl (C=O) groups is 3. The van der Waals surface area contributed by atoms with Crippen molar-refractivity contribution < 1.29 is 23.5 Å². The van der Waals surface area contributed by atoms with Crippen LogP contribution in [0.15, 0.2) is 53.1 Å². The lowest BCUT2D eigenvalue weighted by atomic mass is 10.0. The minimum Gasteiger partial charge on any atom is -0.459 e. The third-order valence-electron chi connectivity index (χ3n) is 6.04. The number of piperazine rings is 1. The first kappa shape index (κ1) is 23.0. The predicted octanol–water partition coefficient (Wildman–Crippen LogP) is 0.624. The molecule has 2 saturated heterocycles. The van der Waals surface area contributed by atoms with E-state index in [2.05, 4.69) is 10.2 Å². The largest absolute Gasteiger partial charge is 0.459 e. The second-order valence-corrected chi connectivity index (χ2v) is 8.29. The molecule has 1 atom stereocenters.